The molecule has 0 aromatic carbocycles. The van der Waals surface area contributed by atoms with Crippen LogP contribution < -0.4 is 11.1 Å². The Hall–Kier alpha value is -0.610. The van der Waals surface area contributed by atoms with E-state index in [1.165, 1.54) is 6.42 Å². The van der Waals surface area contributed by atoms with Gasteiger partial charge in [0.2, 0.25) is 5.91 Å². The Bertz CT molecular complexity index is 260. The molecule has 106 valence electrons. The lowest BCUT2D eigenvalue weighted by Crippen LogP contribution is -2.48. The topological polar surface area (TPSA) is 58.4 Å². The average molecular weight is 255 g/mol. The molecule has 0 spiro atoms. The summed E-state index contributed by atoms with van der Waals surface area (Å²) in [6.45, 7) is 12.2. The van der Waals surface area contributed by atoms with Crippen molar-refractivity contribution in [1.82, 2.24) is 10.2 Å². The Balaban J connectivity index is 2.35. The van der Waals surface area contributed by atoms with Crippen molar-refractivity contribution in [3.8, 4) is 0 Å². The summed E-state index contributed by atoms with van der Waals surface area (Å²) >= 11 is 0. The number of nitrogens with one attached hydrogen (secondary N) is 1. The number of piperidine rings is 1. The third-order valence-corrected chi connectivity index (χ3v) is 3.67. The molecule has 0 aromatic rings. The van der Waals surface area contributed by atoms with Crippen molar-refractivity contribution in [3.05, 3.63) is 0 Å². The second-order valence-electron chi connectivity index (χ2n) is 6.21. The zero-order valence-corrected chi connectivity index (χ0v) is 12.3. The molecule has 4 unspecified atom stereocenters. The predicted molar refractivity (Wildman–Crippen MR) is 75.2 cm³/mol. The minimum absolute atomic E-state index is 0.0723. The van der Waals surface area contributed by atoms with Gasteiger partial charge in [-0.05, 0) is 25.2 Å². The lowest BCUT2D eigenvalue weighted by atomic mass is 9.91. The molecule has 3 N–H and O–H groups in total. The van der Waals surface area contributed by atoms with Crippen LogP contribution in [0.1, 0.15) is 34.1 Å². The van der Waals surface area contributed by atoms with Gasteiger partial charge >= 0.3 is 0 Å². The highest BCUT2D eigenvalue weighted by atomic mass is 16.1. The number of carbonyl (C=O) groups is 1. The standard InChI is InChI=1S/C14H29N3O/c1-10-5-11(2)8-17(7-10)9-13(4)16-14(18)12(3)6-15/h10-13H,5-9,15H2,1-4H3,(H,16,18). The molecule has 18 heavy (non-hydrogen) atoms. The van der Waals surface area contributed by atoms with Crippen molar-refractivity contribution >= 4 is 5.91 Å². The highest BCUT2D eigenvalue weighted by molar-refractivity contribution is 5.78. The van der Waals surface area contributed by atoms with Crippen molar-refractivity contribution in [1.29, 1.82) is 0 Å². The van der Waals surface area contributed by atoms with Crippen molar-refractivity contribution in [2.75, 3.05) is 26.2 Å². The minimum atomic E-state index is -0.0911. The molecule has 0 bridgehead atoms. The fraction of sp³-hybridized carbons (Fsp3) is 0.929. The normalized spacial score (nSPS) is 28.7. The van der Waals surface area contributed by atoms with Gasteiger partial charge in [0.05, 0.1) is 0 Å². The Morgan fingerprint density at radius 3 is 2.39 bits per heavy atom. The molecule has 1 saturated heterocycles. The summed E-state index contributed by atoms with van der Waals surface area (Å²) in [7, 11) is 0. The van der Waals surface area contributed by atoms with Crippen LogP contribution in [0.5, 0.6) is 0 Å². The van der Waals surface area contributed by atoms with Crippen LogP contribution in [0.15, 0.2) is 0 Å². The second-order valence-corrected chi connectivity index (χ2v) is 6.21. The monoisotopic (exact) mass is 255 g/mol. The molecule has 4 heteroatoms. The van der Waals surface area contributed by atoms with Crippen molar-refractivity contribution in [2.24, 2.45) is 23.5 Å². The van der Waals surface area contributed by atoms with E-state index in [-0.39, 0.29) is 17.9 Å². The molecule has 4 atom stereocenters. The summed E-state index contributed by atoms with van der Waals surface area (Å²) < 4.78 is 0. The maximum atomic E-state index is 11.7. The van der Waals surface area contributed by atoms with Gasteiger partial charge in [-0.2, -0.15) is 0 Å². The van der Waals surface area contributed by atoms with Gasteiger partial charge in [-0.15, -0.1) is 0 Å². The molecule has 0 radical (unpaired) electrons. The summed E-state index contributed by atoms with van der Waals surface area (Å²) in [5.74, 6) is 1.51. The maximum Gasteiger partial charge on any atom is 0.224 e. The first-order chi connectivity index (χ1) is 8.42. The Labute approximate surface area is 111 Å². The Morgan fingerprint density at radius 2 is 1.89 bits per heavy atom. The van der Waals surface area contributed by atoms with Crippen LogP contribution in [0, 0.1) is 17.8 Å². The van der Waals surface area contributed by atoms with Crippen molar-refractivity contribution in [2.45, 2.75) is 40.2 Å². The molecule has 1 aliphatic rings. The van der Waals surface area contributed by atoms with E-state index in [1.807, 2.05) is 6.92 Å². The summed E-state index contributed by atoms with van der Waals surface area (Å²) in [6.07, 6.45) is 1.32. The summed E-state index contributed by atoms with van der Waals surface area (Å²) in [6, 6.07) is 0.198. The van der Waals surface area contributed by atoms with Gasteiger partial charge in [0.1, 0.15) is 0 Å². The molecular formula is C14H29N3O. The number of nitrogens with two attached hydrogens (primary N) is 1. The fourth-order valence-electron chi connectivity index (χ4n) is 2.87. The summed E-state index contributed by atoms with van der Waals surface area (Å²) in [4.78, 5) is 14.2. The second kappa shape index (κ2) is 7.10. The Morgan fingerprint density at radius 1 is 1.33 bits per heavy atom. The quantitative estimate of drug-likeness (QED) is 0.772. The van der Waals surface area contributed by atoms with Crippen LogP contribution >= 0.6 is 0 Å². The van der Waals surface area contributed by atoms with Gasteiger partial charge < -0.3 is 16.0 Å². The third kappa shape index (κ3) is 4.94. The molecule has 1 fully saturated rings. The predicted octanol–water partition coefficient (Wildman–Crippen LogP) is 1.06. The number of hydrogen-bond donors (Lipinski definition) is 2. The molecular weight excluding hydrogens is 226 g/mol. The van der Waals surface area contributed by atoms with Crippen LogP contribution in [0.3, 0.4) is 0 Å². The number of nitrogens with zero attached hydrogens (tertiary/aromatic N) is 1. The fourth-order valence-corrected chi connectivity index (χ4v) is 2.87. The zero-order valence-electron chi connectivity index (χ0n) is 12.3. The zero-order chi connectivity index (χ0) is 13.7. The van der Waals surface area contributed by atoms with E-state index < -0.39 is 0 Å². The van der Waals surface area contributed by atoms with Gasteiger partial charge in [-0.25, -0.2) is 0 Å². The highest BCUT2D eigenvalue weighted by Gasteiger charge is 2.23. The van der Waals surface area contributed by atoms with E-state index in [9.17, 15) is 4.79 Å². The van der Waals surface area contributed by atoms with E-state index >= 15 is 0 Å². The maximum absolute atomic E-state index is 11.7. The highest BCUT2D eigenvalue weighted by Crippen LogP contribution is 2.20. The lowest BCUT2D eigenvalue weighted by Gasteiger charge is -2.36. The van der Waals surface area contributed by atoms with Crippen LogP contribution in [-0.2, 0) is 4.79 Å². The smallest absolute Gasteiger partial charge is 0.224 e. The van der Waals surface area contributed by atoms with Gasteiger partial charge in [0, 0.05) is 38.1 Å². The van der Waals surface area contributed by atoms with Crippen LogP contribution in [0.4, 0.5) is 0 Å². The first kappa shape index (κ1) is 15.4. The number of rotatable bonds is 5. The minimum Gasteiger partial charge on any atom is -0.352 e. The van der Waals surface area contributed by atoms with E-state index in [2.05, 4.69) is 31.0 Å². The van der Waals surface area contributed by atoms with Gasteiger partial charge in [-0.3, -0.25) is 4.79 Å². The molecule has 1 rings (SSSR count). The first-order valence-electron chi connectivity index (χ1n) is 7.15. The van der Waals surface area contributed by atoms with E-state index in [1.54, 1.807) is 0 Å². The number of carbonyl (C=O) groups excluding carboxylic acids is 1. The van der Waals surface area contributed by atoms with E-state index in [4.69, 9.17) is 5.73 Å². The van der Waals surface area contributed by atoms with Gasteiger partial charge in [0.15, 0.2) is 0 Å². The largest absolute Gasteiger partial charge is 0.352 e. The molecule has 0 aromatic heterocycles. The van der Waals surface area contributed by atoms with Crippen molar-refractivity contribution in [3.63, 3.8) is 0 Å². The molecule has 0 aliphatic carbocycles. The number of likely N-dealkylation sites (tertiary alicyclic amines) is 1. The lowest BCUT2D eigenvalue weighted by molar-refractivity contribution is -0.124. The molecule has 4 nitrogen and oxygen atoms in total. The van der Waals surface area contributed by atoms with Crippen LogP contribution in [0.2, 0.25) is 0 Å². The van der Waals surface area contributed by atoms with Gasteiger partial charge in [-0.1, -0.05) is 20.8 Å². The van der Waals surface area contributed by atoms with Crippen LogP contribution in [0.25, 0.3) is 0 Å². The molecule has 1 heterocycles. The van der Waals surface area contributed by atoms with Crippen molar-refractivity contribution < 1.29 is 4.79 Å². The van der Waals surface area contributed by atoms with Crippen LogP contribution in [-0.4, -0.2) is 43.0 Å². The first-order valence-corrected chi connectivity index (χ1v) is 7.15. The average Bonchev–Trinajstić information content (AvgIpc) is 2.25. The number of amides is 1. The third-order valence-electron chi connectivity index (χ3n) is 3.67. The Kier molecular flexibility index (Phi) is 6.09. The van der Waals surface area contributed by atoms with E-state index in [0.29, 0.717) is 6.54 Å². The van der Waals surface area contributed by atoms with Gasteiger partial charge in [0.25, 0.3) is 0 Å². The molecule has 1 aliphatic heterocycles. The number of hydrogen-bond acceptors (Lipinski definition) is 3. The molecule has 1 amide bonds. The summed E-state index contributed by atoms with van der Waals surface area (Å²) in [5.41, 5.74) is 5.50. The molecule has 0 saturated carbocycles. The summed E-state index contributed by atoms with van der Waals surface area (Å²) in [5, 5.41) is 3.05. The SMILES string of the molecule is CC1CC(C)CN(CC(C)NC(=O)C(C)CN)C1. The van der Waals surface area contributed by atoms with E-state index in [0.717, 1.165) is 31.5 Å².